The number of likely N-dealkylation sites (tertiary alicyclic amines) is 1. The third-order valence-corrected chi connectivity index (χ3v) is 5.59. The fourth-order valence-electron chi connectivity index (χ4n) is 3.78. The molecule has 0 spiro atoms. The van der Waals surface area contributed by atoms with Crippen LogP contribution in [0.25, 0.3) is 6.08 Å². The maximum absolute atomic E-state index is 12.5. The topological polar surface area (TPSA) is 98.5 Å². The standard InChI is InChI=1S/C24H36BN5O2/c1-4-6-18(25)15-19(26)17-28-20-9-11-29(12-10-20)13-14-30-23(16-21(5-2)32-3)22(27)7-8-24(30)31/h4-8,15-16,20,28H,1-2,9-14,17,25-27H2,3H3/b18-6+,19-15-,21-16+. The van der Waals surface area contributed by atoms with Gasteiger partial charge in [-0.1, -0.05) is 30.8 Å². The minimum atomic E-state index is -0.0791. The molecule has 172 valence electrons. The van der Waals surface area contributed by atoms with Crippen LogP contribution in [0, 0.1) is 0 Å². The highest BCUT2D eigenvalue weighted by Crippen LogP contribution is 2.16. The molecule has 7 nitrogen and oxygen atoms in total. The quantitative estimate of drug-likeness (QED) is 0.274. The van der Waals surface area contributed by atoms with Crippen LogP contribution in [0.2, 0.25) is 0 Å². The molecule has 0 atom stereocenters. The second kappa shape index (κ2) is 12.8. The molecule has 0 radical (unpaired) electrons. The van der Waals surface area contributed by atoms with Crippen molar-refractivity contribution in [2.75, 3.05) is 39.0 Å². The number of nitrogens with one attached hydrogen (secondary N) is 1. The van der Waals surface area contributed by atoms with E-state index in [0.29, 0.717) is 36.3 Å². The first kappa shape index (κ1) is 25.3. The van der Waals surface area contributed by atoms with Crippen molar-refractivity contribution in [1.82, 2.24) is 14.8 Å². The van der Waals surface area contributed by atoms with E-state index < -0.39 is 0 Å². The number of hydrogen-bond donors (Lipinski definition) is 3. The molecule has 0 saturated carbocycles. The molecule has 0 amide bonds. The number of hydrogen-bond acceptors (Lipinski definition) is 6. The van der Waals surface area contributed by atoms with Crippen LogP contribution in [-0.2, 0) is 11.3 Å². The monoisotopic (exact) mass is 437 g/mol. The van der Waals surface area contributed by atoms with Crippen molar-refractivity contribution in [2.45, 2.75) is 25.4 Å². The van der Waals surface area contributed by atoms with Crippen molar-refractivity contribution in [3.05, 3.63) is 82.6 Å². The smallest absolute Gasteiger partial charge is 0.251 e. The fourth-order valence-corrected chi connectivity index (χ4v) is 3.78. The lowest BCUT2D eigenvalue weighted by Crippen LogP contribution is -2.44. The molecule has 0 aliphatic carbocycles. The fraction of sp³-hybridized carbons (Fsp3) is 0.375. The number of nitrogens with two attached hydrogens (primary N) is 2. The SMILES string of the molecule is BC(=C/C=C)/C=C(\N)CNC1CCN(CCn2c(/C=C(\C=C)OC)c(N)ccc2=O)CC1. The van der Waals surface area contributed by atoms with E-state index in [-0.39, 0.29) is 5.56 Å². The summed E-state index contributed by atoms with van der Waals surface area (Å²) in [5.41, 5.74) is 15.3. The molecule has 8 heteroatoms. The Hall–Kier alpha value is -2.97. The molecule has 1 aromatic rings. The highest BCUT2D eigenvalue weighted by atomic mass is 16.5. The zero-order valence-electron chi connectivity index (χ0n) is 19.3. The lowest BCUT2D eigenvalue weighted by molar-refractivity contribution is 0.192. The number of pyridine rings is 1. The summed E-state index contributed by atoms with van der Waals surface area (Å²) in [5, 5.41) is 3.55. The zero-order chi connectivity index (χ0) is 23.5. The molecular formula is C24H36BN5O2. The second-order valence-corrected chi connectivity index (χ2v) is 7.98. The van der Waals surface area contributed by atoms with E-state index in [1.807, 2.05) is 20.0 Å². The maximum Gasteiger partial charge on any atom is 0.251 e. The van der Waals surface area contributed by atoms with E-state index in [1.54, 1.807) is 36.0 Å². The minimum Gasteiger partial charge on any atom is -0.497 e. The third kappa shape index (κ3) is 7.62. The molecule has 0 bridgehead atoms. The number of aromatic nitrogens is 1. The van der Waals surface area contributed by atoms with Gasteiger partial charge in [-0.2, -0.15) is 0 Å². The Bertz CT molecular complexity index is 940. The van der Waals surface area contributed by atoms with E-state index >= 15 is 0 Å². The lowest BCUT2D eigenvalue weighted by atomic mass is 9.94. The van der Waals surface area contributed by atoms with E-state index in [4.69, 9.17) is 16.2 Å². The van der Waals surface area contributed by atoms with Crippen LogP contribution in [0.1, 0.15) is 18.5 Å². The van der Waals surface area contributed by atoms with Gasteiger partial charge in [0.15, 0.2) is 0 Å². The zero-order valence-corrected chi connectivity index (χ0v) is 19.3. The predicted octanol–water partition coefficient (Wildman–Crippen LogP) is 1.20. The Morgan fingerprint density at radius 2 is 2.03 bits per heavy atom. The number of methoxy groups -OCH3 is 1. The van der Waals surface area contributed by atoms with Gasteiger partial charge >= 0.3 is 0 Å². The van der Waals surface area contributed by atoms with Gasteiger partial charge in [0.05, 0.1) is 18.5 Å². The van der Waals surface area contributed by atoms with Gasteiger partial charge in [-0.25, -0.2) is 0 Å². The van der Waals surface area contributed by atoms with E-state index in [1.165, 1.54) is 6.07 Å². The highest BCUT2D eigenvalue weighted by molar-refractivity contribution is 6.23. The molecule has 1 fully saturated rings. The van der Waals surface area contributed by atoms with Crippen molar-refractivity contribution in [2.24, 2.45) is 5.73 Å². The summed E-state index contributed by atoms with van der Waals surface area (Å²) < 4.78 is 6.97. The average molecular weight is 437 g/mol. The molecule has 0 unspecified atom stereocenters. The number of anilines is 1. The first-order valence-electron chi connectivity index (χ1n) is 11.0. The number of nitrogens with zero attached hydrogens (tertiary/aromatic N) is 2. The molecule has 1 aliphatic rings. The number of nitrogen functional groups attached to an aromatic ring is 1. The first-order valence-corrected chi connectivity index (χ1v) is 11.0. The van der Waals surface area contributed by atoms with Crippen LogP contribution in [0.3, 0.4) is 0 Å². The van der Waals surface area contributed by atoms with Crippen LogP contribution in [0.5, 0.6) is 0 Å². The molecule has 1 aromatic heterocycles. The molecule has 2 rings (SSSR count). The Morgan fingerprint density at radius 1 is 1.31 bits per heavy atom. The molecule has 32 heavy (non-hydrogen) atoms. The third-order valence-electron chi connectivity index (χ3n) is 5.59. The normalized spacial score (nSPS) is 16.7. The van der Waals surface area contributed by atoms with E-state index in [2.05, 4.69) is 23.4 Å². The summed E-state index contributed by atoms with van der Waals surface area (Å²) in [6.45, 7) is 11.4. The van der Waals surface area contributed by atoms with E-state index in [9.17, 15) is 4.79 Å². The molecule has 5 N–H and O–H groups in total. The Kier molecular flexibility index (Phi) is 10.1. The van der Waals surface area contributed by atoms with Crippen molar-refractivity contribution in [3.63, 3.8) is 0 Å². The van der Waals surface area contributed by atoms with Gasteiger partial charge in [0.25, 0.3) is 5.56 Å². The maximum atomic E-state index is 12.5. The Labute approximate surface area is 192 Å². The van der Waals surface area contributed by atoms with Gasteiger partial charge in [-0.3, -0.25) is 4.79 Å². The Balaban J connectivity index is 1.91. The summed E-state index contributed by atoms with van der Waals surface area (Å²) >= 11 is 0. The molecule has 1 saturated heterocycles. The van der Waals surface area contributed by atoms with Gasteiger partial charge < -0.3 is 31.0 Å². The highest BCUT2D eigenvalue weighted by Gasteiger charge is 2.19. The van der Waals surface area contributed by atoms with Gasteiger partial charge in [0, 0.05) is 43.5 Å². The van der Waals surface area contributed by atoms with Crippen LogP contribution < -0.4 is 22.3 Å². The van der Waals surface area contributed by atoms with Crippen LogP contribution in [-0.4, -0.2) is 56.6 Å². The Morgan fingerprint density at radius 3 is 2.66 bits per heavy atom. The molecule has 0 aromatic carbocycles. The molecule has 2 heterocycles. The van der Waals surface area contributed by atoms with Crippen molar-refractivity contribution in [3.8, 4) is 0 Å². The van der Waals surface area contributed by atoms with Gasteiger partial charge in [0.1, 0.15) is 13.6 Å². The summed E-state index contributed by atoms with van der Waals surface area (Å²) in [5.74, 6) is 0.562. The number of ether oxygens (including phenoxy) is 1. The largest absolute Gasteiger partial charge is 0.497 e. The number of rotatable bonds is 11. The van der Waals surface area contributed by atoms with Gasteiger partial charge in [-0.15, -0.1) is 0 Å². The first-order chi connectivity index (χ1) is 15.4. The lowest BCUT2D eigenvalue weighted by Gasteiger charge is -2.32. The summed E-state index contributed by atoms with van der Waals surface area (Å²) in [6.07, 6.45) is 11.1. The second-order valence-electron chi connectivity index (χ2n) is 7.98. The van der Waals surface area contributed by atoms with Crippen LogP contribution in [0.15, 0.2) is 71.3 Å². The minimum absolute atomic E-state index is 0.0791. The van der Waals surface area contributed by atoms with Crippen molar-refractivity contribution >= 4 is 19.6 Å². The average Bonchev–Trinajstić information content (AvgIpc) is 2.78. The van der Waals surface area contributed by atoms with E-state index in [0.717, 1.165) is 43.6 Å². The molecular weight excluding hydrogens is 401 g/mol. The summed E-state index contributed by atoms with van der Waals surface area (Å²) in [7, 11) is 3.57. The number of allylic oxidation sites excluding steroid dienone is 5. The van der Waals surface area contributed by atoms with Gasteiger partial charge in [0.2, 0.25) is 0 Å². The van der Waals surface area contributed by atoms with Crippen molar-refractivity contribution in [1.29, 1.82) is 0 Å². The summed E-state index contributed by atoms with van der Waals surface area (Å²) in [4.78, 5) is 14.9. The summed E-state index contributed by atoms with van der Waals surface area (Å²) in [6, 6.07) is 3.58. The van der Waals surface area contributed by atoms with Crippen molar-refractivity contribution < 1.29 is 4.74 Å². The molecule has 1 aliphatic heterocycles. The van der Waals surface area contributed by atoms with Crippen LogP contribution in [0.4, 0.5) is 5.69 Å². The number of piperidine rings is 1. The predicted molar refractivity (Wildman–Crippen MR) is 137 cm³/mol. The van der Waals surface area contributed by atoms with Crippen LogP contribution >= 0.6 is 0 Å². The van der Waals surface area contributed by atoms with Gasteiger partial charge in [-0.05, 0) is 44.1 Å².